The van der Waals surface area contributed by atoms with Crippen molar-refractivity contribution in [2.45, 2.75) is 12.8 Å². The van der Waals surface area contributed by atoms with Crippen LogP contribution in [-0.4, -0.2) is 11.7 Å². The van der Waals surface area contributed by atoms with Crippen molar-refractivity contribution in [2.75, 3.05) is 6.54 Å². The molecule has 15 heavy (non-hydrogen) atoms. The van der Waals surface area contributed by atoms with Crippen LogP contribution in [0.2, 0.25) is 0 Å². The summed E-state index contributed by atoms with van der Waals surface area (Å²) in [5.74, 6) is 0.923. The summed E-state index contributed by atoms with van der Waals surface area (Å²) in [6.45, 7) is 0.676. The molecule has 2 N–H and O–H groups in total. The van der Waals surface area contributed by atoms with Gasteiger partial charge in [-0.3, -0.25) is 0 Å². The standard InChI is InChI=1S/C12H14N2O/c13-8-4-7-12-11(9-14-15-12)10-5-2-1-3-6-10/h1-3,5-6,9H,4,7-8,13H2. The molecule has 0 saturated heterocycles. The number of nitrogens with two attached hydrogens (primary N) is 1. The molecule has 0 fully saturated rings. The Hall–Kier alpha value is -1.61. The molecule has 2 rings (SSSR count). The van der Waals surface area contributed by atoms with Crippen LogP contribution in [0.5, 0.6) is 0 Å². The van der Waals surface area contributed by atoms with E-state index in [-0.39, 0.29) is 0 Å². The Balaban J connectivity index is 2.25. The SMILES string of the molecule is NCCCc1oncc1-c1ccccc1. The van der Waals surface area contributed by atoms with E-state index in [1.165, 1.54) is 0 Å². The lowest BCUT2D eigenvalue weighted by Crippen LogP contribution is -2.00. The molecule has 0 aliphatic rings. The van der Waals surface area contributed by atoms with Gasteiger partial charge in [0.15, 0.2) is 0 Å². The van der Waals surface area contributed by atoms with Crippen LogP contribution in [0.15, 0.2) is 41.1 Å². The Morgan fingerprint density at radius 2 is 2.00 bits per heavy atom. The molecule has 0 atom stereocenters. The van der Waals surface area contributed by atoms with Crippen LogP contribution in [0.3, 0.4) is 0 Å². The maximum Gasteiger partial charge on any atom is 0.144 e. The van der Waals surface area contributed by atoms with E-state index in [1.54, 1.807) is 6.20 Å². The highest BCUT2D eigenvalue weighted by Gasteiger charge is 2.08. The number of benzene rings is 1. The van der Waals surface area contributed by atoms with E-state index < -0.39 is 0 Å². The first kappa shape index (κ1) is 9.93. The minimum absolute atomic E-state index is 0.676. The Bertz CT molecular complexity index is 409. The van der Waals surface area contributed by atoms with Gasteiger partial charge in [-0.1, -0.05) is 35.5 Å². The third-order valence-electron chi connectivity index (χ3n) is 2.34. The summed E-state index contributed by atoms with van der Waals surface area (Å²) in [6, 6.07) is 10.1. The van der Waals surface area contributed by atoms with Crippen molar-refractivity contribution in [3.05, 3.63) is 42.3 Å². The van der Waals surface area contributed by atoms with E-state index in [0.29, 0.717) is 6.54 Å². The van der Waals surface area contributed by atoms with Crippen molar-refractivity contribution >= 4 is 0 Å². The molecule has 78 valence electrons. The fourth-order valence-corrected chi connectivity index (χ4v) is 1.56. The molecule has 0 radical (unpaired) electrons. The van der Waals surface area contributed by atoms with Crippen LogP contribution in [0, 0.1) is 0 Å². The van der Waals surface area contributed by atoms with Gasteiger partial charge in [-0.2, -0.15) is 0 Å². The highest BCUT2D eigenvalue weighted by Crippen LogP contribution is 2.23. The normalized spacial score (nSPS) is 10.5. The quantitative estimate of drug-likeness (QED) is 0.827. The monoisotopic (exact) mass is 202 g/mol. The van der Waals surface area contributed by atoms with Crippen LogP contribution in [0.4, 0.5) is 0 Å². The van der Waals surface area contributed by atoms with Crippen molar-refractivity contribution in [3.63, 3.8) is 0 Å². The third kappa shape index (κ3) is 2.25. The van der Waals surface area contributed by atoms with Crippen molar-refractivity contribution in [2.24, 2.45) is 5.73 Å². The van der Waals surface area contributed by atoms with Gasteiger partial charge in [-0.25, -0.2) is 0 Å². The summed E-state index contributed by atoms with van der Waals surface area (Å²) >= 11 is 0. The number of hydrogen-bond acceptors (Lipinski definition) is 3. The Morgan fingerprint density at radius 3 is 2.73 bits per heavy atom. The molecule has 0 unspecified atom stereocenters. The topological polar surface area (TPSA) is 52.0 Å². The van der Waals surface area contributed by atoms with Gasteiger partial charge in [0.2, 0.25) is 0 Å². The second-order valence-corrected chi connectivity index (χ2v) is 3.42. The maximum absolute atomic E-state index is 5.47. The molecule has 0 aliphatic carbocycles. The van der Waals surface area contributed by atoms with Crippen LogP contribution < -0.4 is 5.73 Å². The number of rotatable bonds is 4. The van der Waals surface area contributed by atoms with Gasteiger partial charge in [-0.15, -0.1) is 0 Å². The first-order valence-electron chi connectivity index (χ1n) is 5.11. The highest BCUT2D eigenvalue weighted by atomic mass is 16.5. The largest absolute Gasteiger partial charge is 0.361 e. The van der Waals surface area contributed by atoms with E-state index >= 15 is 0 Å². The number of hydrogen-bond donors (Lipinski definition) is 1. The highest BCUT2D eigenvalue weighted by molar-refractivity contribution is 5.64. The molecule has 0 aliphatic heterocycles. The van der Waals surface area contributed by atoms with Crippen LogP contribution in [0.25, 0.3) is 11.1 Å². The van der Waals surface area contributed by atoms with Crippen molar-refractivity contribution < 1.29 is 4.52 Å². The van der Waals surface area contributed by atoms with E-state index in [1.807, 2.05) is 18.2 Å². The predicted octanol–water partition coefficient (Wildman–Crippen LogP) is 2.23. The van der Waals surface area contributed by atoms with Crippen molar-refractivity contribution in [3.8, 4) is 11.1 Å². The Labute approximate surface area is 88.9 Å². The third-order valence-corrected chi connectivity index (χ3v) is 2.34. The summed E-state index contributed by atoms with van der Waals surface area (Å²) in [7, 11) is 0. The fraction of sp³-hybridized carbons (Fsp3) is 0.250. The molecule has 0 bridgehead atoms. The van der Waals surface area contributed by atoms with Gasteiger partial charge in [0.1, 0.15) is 5.76 Å². The van der Waals surface area contributed by atoms with E-state index in [2.05, 4.69) is 17.3 Å². The van der Waals surface area contributed by atoms with Gasteiger partial charge < -0.3 is 10.3 Å². The summed E-state index contributed by atoms with van der Waals surface area (Å²) in [6.07, 6.45) is 3.54. The number of nitrogens with zero attached hydrogens (tertiary/aromatic N) is 1. The molecule has 0 saturated carbocycles. The molecule has 1 heterocycles. The second-order valence-electron chi connectivity index (χ2n) is 3.42. The van der Waals surface area contributed by atoms with E-state index in [0.717, 1.165) is 29.7 Å². The lowest BCUT2D eigenvalue weighted by Gasteiger charge is -1.99. The minimum Gasteiger partial charge on any atom is -0.361 e. The zero-order chi connectivity index (χ0) is 10.5. The molecule has 3 nitrogen and oxygen atoms in total. The predicted molar refractivity (Wildman–Crippen MR) is 59.3 cm³/mol. The minimum atomic E-state index is 0.676. The average molecular weight is 202 g/mol. The zero-order valence-electron chi connectivity index (χ0n) is 8.52. The number of aromatic nitrogens is 1. The van der Waals surface area contributed by atoms with Crippen LogP contribution in [-0.2, 0) is 6.42 Å². The Morgan fingerprint density at radius 1 is 1.20 bits per heavy atom. The van der Waals surface area contributed by atoms with Gasteiger partial charge in [0, 0.05) is 12.0 Å². The summed E-state index contributed by atoms with van der Waals surface area (Å²) in [4.78, 5) is 0. The summed E-state index contributed by atoms with van der Waals surface area (Å²) in [5.41, 5.74) is 7.69. The van der Waals surface area contributed by atoms with Gasteiger partial charge in [0.25, 0.3) is 0 Å². The molecular weight excluding hydrogens is 188 g/mol. The lowest BCUT2D eigenvalue weighted by molar-refractivity contribution is 0.382. The fourth-order valence-electron chi connectivity index (χ4n) is 1.56. The molecule has 2 aromatic rings. The first-order valence-corrected chi connectivity index (χ1v) is 5.11. The van der Waals surface area contributed by atoms with E-state index in [9.17, 15) is 0 Å². The number of aryl methyl sites for hydroxylation is 1. The summed E-state index contributed by atoms with van der Waals surface area (Å²) < 4.78 is 5.22. The van der Waals surface area contributed by atoms with Crippen molar-refractivity contribution in [1.29, 1.82) is 0 Å². The molecule has 0 spiro atoms. The molecule has 1 aromatic carbocycles. The lowest BCUT2D eigenvalue weighted by atomic mass is 10.1. The van der Waals surface area contributed by atoms with Crippen LogP contribution >= 0.6 is 0 Å². The van der Waals surface area contributed by atoms with Gasteiger partial charge in [-0.05, 0) is 18.5 Å². The van der Waals surface area contributed by atoms with E-state index in [4.69, 9.17) is 10.3 Å². The average Bonchev–Trinajstić information content (AvgIpc) is 2.75. The maximum atomic E-state index is 5.47. The van der Waals surface area contributed by atoms with Gasteiger partial charge >= 0.3 is 0 Å². The first-order chi connectivity index (χ1) is 7.42. The second kappa shape index (κ2) is 4.75. The van der Waals surface area contributed by atoms with Gasteiger partial charge in [0.05, 0.1) is 6.20 Å². The molecule has 1 aromatic heterocycles. The molecule has 0 amide bonds. The Kier molecular flexibility index (Phi) is 3.15. The molecular formula is C12H14N2O. The van der Waals surface area contributed by atoms with Crippen LogP contribution in [0.1, 0.15) is 12.2 Å². The molecule has 3 heteroatoms. The summed E-state index contributed by atoms with van der Waals surface area (Å²) in [5, 5.41) is 3.84. The van der Waals surface area contributed by atoms with Crippen molar-refractivity contribution in [1.82, 2.24) is 5.16 Å². The zero-order valence-corrected chi connectivity index (χ0v) is 8.52. The smallest absolute Gasteiger partial charge is 0.144 e.